The minimum absolute atomic E-state index is 0.0731. The molecule has 2 N–H and O–H groups in total. The molecule has 1 aromatic carbocycles. The van der Waals surface area contributed by atoms with Crippen LogP contribution in [0.5, 0.6) is 0 Å². The number of nitrogens with zero attached hydrogens (tertiary/aromatic N) is 3. The number of guanidine groups is 1. The molecule has 2 saturated heterocycles. The first kappa shape index (κ1) is 23.5. The summed E-state index contributed by atoms with van der Waals surface area (Å²) >= 11 is 0. The van der Waals surface area contributed by atoms with Crippen LogP contribution in [0, 0.1) is 5.92 Å². The third-order valence-electron chi connectivity index (χ3n) is 6.28. The van der Waals surface area contributed by atoms with Gasteiger partial charge in [0.1, 0.15) is 0 Å². The Morgan fingerprint density at radius 3 is 2.29 bits per heavy atom. The zero-order chi connectivity index (χ0) is 22.5. The number of rotatable bonds is 5. The van der Waals surface area contributed by atoms with E-state index in [9.17, 15) is 4.79 Å². The Hall–Kier alpha value is -2.12. The number of benzene rings is 1. The lowest BCUT2D eigenvalue weighted by atomic mass is 10.1. The van der Waals surface area contributed by atoms with Crippen LogP contribution in [0.2, 0.25) is 0 Å². The maximum Gasteiger partial charge on any atom is 0.254 e. The van der Waals surface area contributed by atoms with Crippen LogP contribution < -0.4 is 10.6 Å². The molecule has 1 amide bonds. The molecule has 0 aromatic heterocycles. The van der Waals surface area contributed by atoms with Gasteiger partial charge in [-0.1, -0.05) is 19.1 Å². The highest BCUT2D eigenvalue weighted by molar-refractivity contribution is 5.94. The highest BCUT2D eigenvalue weighted by atomic mass is 16.5. The summed E-state index contributed by atoms with van der Waals surface area (Å²) in [5.41, 5.74) is 1.84. The molecule has 2 aliphatic rings. The van der Waals surface area contributed by atoms with E-state index < -0.39 is 0 Å². The quantitative estimate of drug-likeness (QED) is 0.555. The van der Waals surface area contributed by atoms with Gasteiger partial charge in [-0.3, -0.25) is 14.7 Å². The molecule has 2 fully saturated rings. The molecule has 0 saturated carbocycles. The first-order valence-corrected chi connectivity index (χ1v) is 11.5. The van der Waals surface area contributed by atoms with Crippen LogP contribution in [0.1, 0.15) is 50.5 Å². The van der Waals surface area contributed by atoms with E-state index in [-0.39, 0.29) is 18.1 Å². The zero-order valence-electron chi connectivity index (χ0n) is 19.9. The maximum atomic E-state index is 12.8. The van der Waals surface area contributed by atoms with Gasteiger partial charge in [0.25, 0.3) is 5.91 Å². The Bertz CT molecular complexity index is 754. The SMILES string of the molecule is CN=C(NCc1ccc(C(=O)N2CC(C)OC(C)C2)cc1)NC1CN(C(C)C)CC1C. The normalized spacial score (nSPS) is 27.6. The van der Waals surface area contributed by atoms with Gasteiger partial charge in [0, 0.05) is 57.4 Å². The number of morpholine rings is 1. The smallest absolute Gasteiger partial charge is 0.254 e. The molecule has 0 radical (unpaired) electrons. The molecular formula is C24H39N5O2. The molecule has 31 heavy (non-hydrogen) atoms. The summed E-state index contributed by atoms with van der Waals surface area (Å²) in [4.78, 5) is 21.6. The van der Waals surface area contributed by atoms with Crippen molar-refractivity contribution >= 4 is 11.9 Å². The van der Waals surface area contributed by atoms with Crippen LogP contribution in [0.15, 0.2) is 29.3 Å². The van der Waals surface area contributed by atoms with Gasteiger partial charge >= 0.3 is 0 Å². The van der Waals surface area contributed by atoms with Crippen LogP contribution in [-0.2, 0) is 11.3 Å². The number of amides is 1. The topological polar surface area (TPSA) is 69.2 Å². The van der Waals surface area contributed by atoms with Crippen molar-refractivity contribution in [3.8, 4) is 0 Å². The number of nitrogens with one attached hydrogen (secondary N) is 2. The van der Waals surface area contributed by atoms with Gasteiger partial charge in [-0.05, 0) is 51.3 Å². The molecule has 2 aliphatic heterocycles. The van der Waals surface area contributed by atoms with Crippen molar-refractivity contribution in [2.24, 2.45) is 10.9 Å². The van der Waals surface area contributed by atoms with Gasteiger partial charge in [-0.25, -0.2) is 0 Å². The molecule has 172 valence electrons. The lowest BCUT2D eigenvalue weighted by molar-refractivity contribution is -0.0586. The number of hydrogen-bond donors (Lipinski definition) is 2. The van der Waals surface area contributed by atoms with Crippen molar-refractivity contribution in [2.75, 3.05) is 33.2 Å². The Labute approximate surface area is 187 Å². The Morgan fingerprint density at radius 2 is 1.74 bits per heavy atom. The molecule has 0 bridgehead atoms. The Balaban J connectivity index is 1.52. The van der Waals surface area contributed by atoms with Gasteiger partial charge < -0.3 is 20.3 Å². The van der Waals surface area contributed by atoms with Crippen molar-refractivity contribution in [3.05, 3.63) is 35.4 Å². The summed E-state index contributed by atoms with van der Waals surface area (Å²) in [5.74, 6) is 1.47. The number of likely N-dealkylation sites (tertiary alicyclic amines) is 1. The van der Waals surface area contributed by atoms with E-state index in [4.69, 9.17) is 4.74 Å². The summed E-state index contributed by atoms with van der Waals surface area (Å²) < 4.78 is 5.74. The van der Waals surface area contributed by atoms with Crippen LogP contribution in [0.25, 0.3) is 0 Å². The van der Waals surface area contributed by atoms with Gasteiger partial charge in [0.2, 0.25) is 0 Å². The largest absolute Gasteiger partial charge is 0.372 e. The van der Waals surface area contributed by atoms with E-state index in [0.29, 0.717) is 37.6 Å². The number of aliphatic imine (C=N–C) groups is 1. The Kier molecular flexibility index (Phi) is 7.94. The fourth-order valence-corrected chi connectivity index (χ4v) is 4.46. The van der Waals surface area contributed by atoms with E-state index in [2.05, 4.69) is 41.3 Å². The van der Waals surface area contributed by atoms with Crippen LogP contribution in [0.4, 0.5) is 0 Å². The van der Waals surface area contributed by atoms with E-state index in [1.165, 1.54) is 0 Å². The van der Waals surface area contributed by atoms with E-state index in [0.717, 1.165) is 30.2 Å². The fraction of sp³-hybridized carbons (Fsp3) is 0.667. The molecule has 0 aliphatic carbocycles. The lowest BCUT2D eigenvalue weighted by Gasteiger charge is -2.35. The van der Waals surface area contributed by atoms with Crippen LogP contribution in [-0.4, -0.2) is 79.2 Å². The summed E-state index contributed by atoms with van der Waals surface area (Å²) in [6, 6.07) is 8.82. The van der Waals surface area contributed by atoms with Crippen molar-refractivity contribution in [1.29, 1.82) is 0 Å². The molecule has 4 atom stereocenters. The minimum Gasteiger partial charge on any atom is -0.372 e. The highest BCUT2D eigenvalue weighted by Gasteiger charge is 2.31. The summed E-state index contributed by atoms with van der Waals surface area (Å²) in [5, 5.41) is 6.99. The average molecular weight is 430 g/mol. The first-order chi connectivity index (χ1) is 14.8. The average Bonchev–Trinajstić information content (AvgIpc) is 3.11. The fourth-order valence-electron chi connectivity index (χ4n) is 4.46. The number of ether oxygens (including phenoxy) is 1. The Morgan fingerprint density at radius 1 is 1.10 bits per heavy atom. The number of carbonyl (C=O) groups excluding carboxylic acids is 1. The van der Waals surface area contributed by atoms with E-state index >= 15 is 0 Å². The number of hydrogen-bond acceptors (Lipinski definition) is 4. The minimum atomic E-state index is 0.0731. The summed E-state index contributed by atoms with van der Waals surface area (Å²) in [6.07, 6.45) is 0.149. The second kappa shape index (κ2) is 10.5. The summed E-state index contributed by atoms with van der Waals surface area (Å²) in [6.45, 7) is 14.9. The van der Waals surface area contributed by atoms with Crippen molar-refractivity contribution in [3.63, 3.8) is 0 Å². The zero-order valence-corrected chi connectivity index (χ0v) is 19.9. The predicted molar refractivity (Wildman–Crippen MR) is 125 cm³/mol. The molecule has 4 unspecified atom stereocenters. The molecular weight excluding hydrogens is 390 g/mol. The van der Waals surface area contributed by atoms with Crippen molar-refractivity contribution in [2.45, 2.75) is 65.5 Å². The van der Waals surface area contributed by atoms with Crippen LogP contribution >= 0.6 is 0 Å². The van der Waals surface area contributed by atoms with Crippen molar-refractivity contribution < 1.29 is 9.53 Å². The van der Waals surface area contributed by atoms with E-state index in [1.807, 2.05) is 43.0 Å². The number of carbonyl (C=O) groups is 1. The summed E-state index contributed by atoms with van der Waals surface area (Å²) in [7, 11) is 1.81. The van der Waals surface area contributed by atoms with Gasteiger partial charge in [-0.15, -0.1) is 0 Å². The van der Waals surface area contributed by atoms with Gasteiger partial charge in [0.15, 0.2) is 5.96 Å². The molecule has 2 heterocycles. The van der Waals surface area contributed by atoms with Gasteiger partial charge in [-0.2, -0.15) is 0 Å². The second-order valence-electron chi connectivity index (χ2n) is 9.37. The highest BCUT2D eigenvalue weighted by Crippen LogP contribution is 2.19. The predicted octanol–water partition coefficient (Wildman–Crippen LogP) is 2.33. The first-order valence-electron chi connectivity index (χ1n) is 11.5. The third kappa shape index (κ3) is 6.20. The lowest BCUT2D eigenvalue weighted by Crippen LogP contribution is -2.48. The van der Waals surface area contributed by atoms with Crippen LogP contribution in [0.3, 0.4) is 0 Å². The molecule has 1 aromatic rings. The molecule has 7 heteroatoms. The molecule has 3 rings (SSSR count). The van der Waals surface area contributed by atoms with Crippen molar-refractivity contribution in [1.82, 2.24) is 20.4 Å². The van der Waals surface area contributed by atoms with E-state index in [1.54, 1.807) is 7.05 Å². The standard InChI is InChI=1S/C24H39N5O2/c1-16(2)28-12-17(3)22(15-28)27-24(25-6)26-11-20-7-9-21(10-8-20)23(30)29-13-18(4)31-19(5)14-29/h7-10,16-19,22H,11-15H2,1-6H3,(H2,25,26,27). The molecule has 7 nitrogen and oxygen atoms in total. The molecule has 0 spiro atoms. The maximum absolute atomic E-state index is 12.8. The second-order valence-corrected chi connectivity index (χ2v) is 9.37. The third-order valence-corrected chi connectivity index (χ3v) is 6.28. The monoisotopic (exact) mass is 429 g/mol. The van der Waals surface area contributed by atoms with Gasteiger partial charge in [0.05, 0.1) is 12.2 Å².